The van der Waals surface area contributed by atoms with Crippen LogP contribution in [0.3, 0.4) is 0 Å². The number of halogens is 1. The van der Waals surface area contributed by atoms with E-state index in [2.05, 4.69) is 28.0 Å². The largest absolute Gasteiger partial charge is 0.427 e. The van der Waals surface area contributed by atoms with Gasteiger partial charge in [-0.25, -0.2) is 0 Å². The van der Waals surface area contributed by atoms with Crippen molar-refractivity contribution in [2.45, 2.75) is 38.1 Å². The lowest BCUT2D eigenvalue weighted by Crippen LogP contribution is -2.61. The third-order valence-electron chi connectivity index (χ3n) is 6.00. The van der Waals surface area contributed by atoms with E-state index in [-0.39, 0.29) is 5.54 Å². The van der Waals surface area contributed by atoms with Crippen molar-refractivity contribution in [1.29, 1.82) is 0 Å². The first kappa shape index (κ1) is 17.2. The number of ether oxygens (including phenoxy) is 1. The van der Waals surface area contributed by atoms with E-state index >= 15 is 0 Å². The van der Waals surface area contributed by atoms with Crippen molar-refractivity contribution in [2.75, 3.05) is 26.3 Å². The molecule has 0 aliphatic carbocycles. The minimum atomic E-state index is 0.222. The standard InChI is InChI=1S/C20H23ClN4O2/c1-13-9-22-19(27-13)25-18-8-16(17(21)7-15(18)10-23-25)14-3-5-24(6-4-14)20(2)11-26-12-20/h7-10,14H,3-6,11-12H2,1-2H3. The van der Waals surface area contributed by atoms with Crippen LogP contribution in [0.15, 0.2) is 28.9 Å². The fourth-order valence-corrected chi connectivity index (χ4v) is 4.61. The molecule has 0 saturated carbocycles. The molecule has 3 aromatic rings. The molecule has 7 heteroatoms. The van der Waals surface area contributed by atoms with Crippen molar-refractivity contribution in [1.82, 2.24) is 19.7 Å². The minimum Gasteiger partial charge on any atom is -0.427 e. The van der Waals surface area contributed by atoms with E-state index in [1.807, 2.05) is 19.2 Å². The highest BCUT2D eigenvalue weighted by Crippen LogP contribution is 2.38. The van der Waals surface area contributed by atoms with Crippen LogP contribution in [-0.4, -0.2) is 51.5 Å². The maximum atomic E-state index is 6.65. The third-order valence-corrected chi connectivity index (χ3v) is 6.33. The molecule has 0 amide bonds. The number of hydrogen-bond donors (Lipinski definition) is 0. The summed E-state index contributed by atoms with van der Waals surface area (Å²) in [4.78, 5) is 6.88. The van der Waals surface area contributed by atoms with Gasteiger partial charge in [-0.3, -0.25) is 4.90 Å². The predicted molar refractivity (Wildman–Crippen MR) is 104 cm³/mol. The number of likely N-dealkylation sites (tertiary alicyclic amines) is 1. The molecule has 0 radical (unpaired) electrons. The van der Waals surface area contributed by atoms with Gasteiger partial charge in [-0.15, -0.1) is 0 Å². The summed E-state index contributed by atoms with van der Waals surface area (Å²) >= 11 is 6.65. The molecule has 0 N–H and O–H groups in total. The van der Waals surface area contributed by atoms with Crippen molar-refractivity contribution < 1.29 is 9.15 Å². The molecule has 0 unspecified atom stereocenters. The number of oxazole rings is 1. The Kier molecular flexibility index (Phi) is 4.04. The second kappa shape index (κ2) is 6.33. The van der Waals surface area contributed by atoms with Crippen molar-refractivity contribution >= 4 is 22.5 Å². The van der Waals surface area contributed by atoms with Gasteiger partial charge < -0.3 is 9.15 Å². The summed E-state index contributed by atoms with van der Waals surface area (Å²) < 4.78 is 12.8. The quantitative estimate of drug-likeness (QED) is 0.682. The first-order valence-corrected chi connectivity index (χ1v) is 9.84. The molecule has 2 aromatic heterocycles. The zero-order valence-corrected chi connectivity index (χ0v) is 16.4. The van der Waals surface area contributed by atoms with Gasteiger partial charge in [0.15, 0.2) is 0 Å². The van der Waals surface area contributed by atoms with Gasteiger partial charge >= 0.3 is 6.01 Å². The van der Waals surface area contributed by atoms with Crippen LogP contribution in [0.1, 0.15) is 37.0 Å². The summed E-state index contributed by atoms with van der Waals surface area (Å²) in [6.07, 6.45) is 5.73. The van der Waals surface area contributed by atoms with E-state index in [9.17, 15) is 0 Å². The maximum Gasteiger partial charge on any atom is 0.323 e. The van der Waals surface area contributed by atoms with Gasteiger partial charge in [0.25, 0.3) is 0 Å². The van der Waals surface area contributed by atoms with E-state index in [4.69, 9.17) is 20.8 Å². The fourth-order valence-electron chi connectivity index (χ4n) is 4.28. The number of fused-ring (bicyclic) bond motifs is 1. The van der Waals surface area contributed by atoms with Gasteiger partial charge in [0, 0.05) is 10.4 Å². The molecule has 0 bridgehead atoms. The Bertz CT molecular complexity index is 983. The lowest BCUT2D eigenvalue weighted by molar-refractivity contribution is -0.136. The van der Waals surface area contributed by atoms with E-state index in [1.165, 1.54) is 5.56 Å². The molecule has 6 nitrogen and oxygen atoms in total. The van der Waals surface area contributed by atoms with Crippen molar-refractivity contribution in [2.24, 2.45) is 0 Å². The van der Waals surface area contributed by atoms with Crippen LogP contribution in [-0.2, 0) is 4.74 Å². The number of benzene rings is 1. The first-order chi connectivity index (χ1) is 13.0. The second-order valence-electron chi connectivity index (χ2n) is 7.99. The van der Waals surface area contributed by atoms with Crippen LogP contribution < -0.4 is 0 Å². The highest BCUT2D eigenvalue weighted by molar-refractivity contribution is 6.32. The lowest BCUT2D eigenvalue weighted by atomic mass is 9.86. The average Bonchev–Trinajstić information content (AvgIpc) is 3.24. The molecular formula is C20H23ClN4O2. The maximum absolute atomic E-state index is 6.65. The van der Waals surface area contributed by atoms with Gasteiger partial charge in [0.05, 0.1) is 36.7 Å². The Morgan fingerprint density at radius 2 is 1.96 bits per heavy atom. The molecule has 2 fully saturated rings. The molecule has 142 valence electrons. The Morgan fingerprint density at radius 3 is 2.59 bits per heavy atom. The number of aryl methyl sites for hydroxylation is 1. The summed E-state index contributed by atoms with van der Waals surface area (Å²) in [5, 5.41) is 6.27. The van der Waals surface area contributed by atoms with Gasteiger partial charge in [0.1, 0.15) is 5.76 Å². The zero-order valence-electron chi connectivity index (χ0n) is 15.6. The van der Waals surface area contributed by atoms with Crippen molar-refractivity contribution in [3.05, 3.63) is 40.9 Å². The number of aromatic nitrogens is 3. The van der Waals surface area contributed by atoms with Crippen LogP contribution in [0.2, 0.25) is 5.02 Å². The number of hydrogen-bond acceptors (Lipinski definition) is 5. The Labute approximate surface area is 163 Å². The highest BCUT2D eigenvalue weighted by atomic mass is 35.5. The monoisotopic (exact) mass is 386 g/mol. The van der Waals surface area contributed by atoms with E-state index in [0.29, 0.717) is 11.9 Å². The summed E-state index contributed by atoms with van der Waals surface area (Å²) in [5.74, 6) is 1.22. The molecule has 4 heterocycles. The zero-order chi connectivity index (χ0) is 18.6. The van der Waals surface area contributed by atoms with Gasteiger partial charge in [-0.05, 0) is 63.4 Å². The molecule has 5 rings (SSSR count). The summed E-state index contributed by atoms with van der Waals surface area (Å²) in [6.45, 7) is 8.03. The average molecular weight is 387 g/mol. The van der Waals surface area contributed by atoms with Crippen molar-refractivity contribution in [3.63, 3.8) is 0 Å². The predicted octanol–water partition coefficient (Wildman–Crippen LogP) is 3.94. The van der Waals surface area contributed by atoms with Crippen LogP contribution in [0.25, 0.3) is 16.9 Å². The lowest BCUT2D eigenvalue weighted by Gasteiger charge is -2.50. The molecule has 2 aliphatic rings. The molecular weight excluding hydrogens is 364 g/mol. The third kappa shape index (κ3) is 2.87. The SMILES string of the molecule is Cc1cnc(-n2ncc3cc(Cl)c(C4CCN(C5(C)COC5)CC4)cc32)o1. The summed E-state index contributed by atoms with van der Waals surface area (Å²) in [6, 6.07) is 4.67. The summed E-state index contributed by atoms with van der Waals surface area (Å²) in [7, 11) is 0. The Hall–Kier alpha value is -1.89. The minimum absolute atomic E-state index is 0.222. The van der Waals surface area contributed by atoms with Gasteiger partial charge in [0.2, 0.25) is 0 Å². The Morgan fingerprint density at radius 1 is 1.19 bits per heavy atom. The fraction of sp³-hybridized carbons (Fsp3) is 0.500. The first-order valence-electron chi connectivity index (χ1n) is 9.46. The van der Waals surface area contributed by atoms with Crippen LogP contribution in [0, 0.1) is 6.92 Å². The van der Waals surface area contributed by atoms with Gasteiger partial charge in [-0.2, -0.15) is 14.8 Å². The second-order valence-corrected chi connectivity index (χ2v) is 8.40. The van der Waals surface area contributed by atoms with Crippen LogP contribution >= 0.6 is 11.6 Å². The highest BCUT2D eigenvalue weighted by Gasteiger charge is 2.41. The molecule has 1 aromatic carbocycles. The smallest absolute Gasteiger partial charge is 0.323 e. The van der Waals surface area contributed by atoms with Gasteiger partial charge in [-0.1, -0.05) is 11.6 Å². The van der Waals surface area contributed by atoms with E-state index in [1.54, 1.807) is 10.9 Å². The normalized spacial score (nSPS) is 20.9. The number of rotatable bonds is 3. The molecule has 0 atom stereocenters. The number of piperidine rings is 1. The Balaban J connectivity index is 1.44. The molecule has 27 heavy (non-hydrogen) atoms. The van der Waals surface area contributed by atoms with Crippen molar-refractivity contribution in [3.8, 4) is 6.01 Å². The van der Waals surface area contributed by atoms with E-state index in [0.717, 1.165) is 60.8 Å². The molecule has 2 saturated heterocycles. The van der Waals surface area contributed by atoms with Crippen LogP contribution in [0.4, 0.5) is 0 Å². The molecule has 2 aliphatic heterocycles. The van der Waals surface area contributed by atoms with E-state index < -0.39 is 0 Å². The number of nitrogens with zero attached hydrogens (tertiary/aromatic N) is 4. The summed E-state index contributed by atoms with van der Waals surface area (Å²) in [5.41, 5.74) is 2.40. The topological polar surface area (TPSA) is 56.3 Å². The van der Waals surface area contributed by atoms with Crippen LogP contribution in [0.5, 0.6) is 0 Å². The molecule has 0 spiro atoms.